The van der Waals surface area contributed by atoms with Gasteiger partial charge < -0.3 is 10.1 Å². The highest BCUT2D eigenvalue weighted by Crippen LogP contribution is 2.38. The van der Waals surface area contributed by atoms with E-state index < -0.39 is 11.7 Å². The van der Waals surface area contributed by atoms with Gasteiger partial charge in [0, 0.05) is 18.4 Å². The highest BCUT2D eigenvalue weighted by atomic mass is 16.6. The van der Waals surface area contributed by atoms with Gasteiger partial charge in [-0.05, 0) is 46.0 Å². The molecule has 2 unspecified atom stereocenters. The van der Waals surface area contributed by atoms with Crippen LogP contribution in [0.1, 0.15) is 60.8 Å². The highest BCUT2D eigenvalue weighted by molar-refractivity contribution is 5.83. The molecule has 0 aromatic rings. The second-order valence-corrected chi connectivity index (χ2v) is 7.38. The summed E-state index contributed by atoms with van der Waals surface area (Å²) in [6, 6.07) is -0.179. The minimum Gasteiger partial charge on any atom is -0.444 e. The molecule has 0 aromatic heterocycles. The van der Waals surface area contributed by atoms with E-state index in [4.69, 9.17) is 4.74 Å². The van der Waals surface area contributed by atoms with Crippen molar-refractivity contribution in [2.24, 2.45) is 11.3 Å². The second kappa shape index (κ2) is 5.51. The Morgan fingerprint density at radius 3 is 2.53 bits per heavy atom. The van der Waals surface area contributed by atoms with E-state index in [1.807, 2.05) is 27.7 Å². The predicted molar refractivity (Wildman–Crippen MR) is 75.0 cm³/mol. The van der Waals surface area contributed by atoms with Crippen LogP contribution in [0.4, 0.5) is 4.79 Å². The molecule has 19 heavy (non-hydrogen) atoms. The lowest BCUT2D eigenvalue weighted by atomic mass is 9.69. The van der Waals surface area contributed by atoms with E-state index in [-0.39, 0.29) is 23.2 Å². The molecule has 0 bridgehead atoms. The summed E-state index contributed by atoms with van der Waals surface area (Å²) in [7, 11) is 0. The molecular formula is C15H27NO3. The Hall–Kier alpha value is -1.06. The smallest absolute Gasteiger partial charge is 0.407 e. The monoisotopic (exact) mass is 269 g/mol. The molecule has 1 fully saturated rings. The van der Waals surface area contributed by atoms with Crippen molar-refractivity contribution in [1.82, 2.24) is 5.32 Å². The zero-order valence-electron chi connectivity index (χ0n) is 13.0. The van der Waals surface area contributed by atoms with Gasteiger partial charge in [0.05, 0.1) is 0 Å². The lowest BCUT2D eigenvalue weighted by Gasteiger charge is -2.37. The van der Waals surface area contributed by atoms with Crippen LogP contribution in [0, 0.1) is 11.3 Å². The molecule has 1 aliphatic carbocycles. The van der Waals surface area contributed by atoms with Gasteiger partial charge in [0.25, 0.3) is 0 Å². The number of hydrogen-bond donors (Lipinski definition) is 1. The fraction of sp³-hybridized carbons (Fsp3) is 0.867. The number of Topliss-reactive ketones (excluding diaryl/α,β-unsaturated/α-hetero) is 1. The maximum absolute atomic E-state index is 12.0. The van der Waals surface area contributed by atoms with Crippen LogP contribution in [-0.4, -0.2) is 23.5 Å². The standard InChI is InChI=1S/C15H27NO3/c1-10(16-13(18)19-14(2,3)4)11-9-15(5,6)8-7-12(11)17/h10-11H,7-9H2,1-6H3,(H,16,18). The Kier molecular flexibility index (Phi) is 4.64. The third-order valence-corrected chi connectivity index (χ3v) is 3.58. The van der Waals surface area contributed by atoms with Crippen LogP contribution in [-0.2, 0) is 9.53 Å². The molecule has 110 valence electrons. The summed E-state index contributed by atoms with van der Waals surface area (Å²) in [5.41, 5.74) is -0.345. The van der Waals surface area contributed by atoms with Gasteiger partial charge in [0.1, 0.15) is 11.4 Å². The highest BCUT2D eigenvalue weighted by Gasteiger charge is 2.37. The summed E-state index contributed by atoms with van der Waals surface area (Å²) in [5.74, 6) is 0.152. The quantitative estimate of drug-likeness (QED) is 0.837. The van der Waals surface area contributed by atoms with Crippen LogP contribution in [0.25, 0.3) is 0 Å². The maximum atomic E-state index is 12.0. The van der Waals surface area contributed by atoms with Crippen molar-refractivity contribution in [3.05, 3.63) is 0 Å². The number of alkyl carbamates (subject to hydrolysis) is 1. The van der Waals surface area contributed by atoms with Crippen LogP contribution in [0.3, 0.4) is 0 Å². The maximum Gasteiger partial charge on any atom is 0.407 e. The van der Waals surface area contributed by atoms with E-state index in [1.165, 1.54) is 0 Å². The van der Waals surface area contributed by atoms with Gasteiger partial charge in [-0.15, -0.1) is 0 Å². The van der Waals surface area contributed by atoms with E-state index in [1.54, 1.807) is 0 Å². The van der Waals surface area contributed by atoms with Gasteiger partial charge in [-0.3, -0.25) is 4.79 Å². The molecule has 1 aliphatic rings. The molecule has 2 atom stereocenters. The molecule has 4 heteroatoms. The van der Waals surface area contributed by atoms with E-state index >= 15 is 0 Å². The molecule has 0 heterocycles. The molecule has 1 amide bonds. The Bertz CT molecular complexity index is 355. The Balaban J connectivity index is 2.59. The summed E-state index contributed by atoms with van der Waals surface area (Å²) in [4.78, 5) is 23.7. The van der Waals surface area contributed by atoms with Gasteiger partial charge in [0.15, 0.2) is 0 Å². The van der Waals surface area contributed by atoms with Crippen molar-refractivity contribution in [2.45, 2.75) is 72.4 Å². The zero-order chi connectivity index (χ0) is 14.8. The van der Waals surface area contributed by atoms with Crippen LogP contribution in [0.2, 0.25) is 0 Å². The largest absolute Gasteiger partial charge is 0.444 e. The first-order chi connectivity index (χ1) is 8.50. The number of hydrogen-bond acceptors (Lipinski definition) is 3. The minimum atomic E-state index is -0.514. The van der Waals surface area contributed by atoms with E-state index in [0.717, 1.165) is 12.8 Å². The van der Waals surface area contributed by atoms with E-state index in [9.17, 15) is 9.59 Å². The first-order valence-corrected chi connectivity index (χ1v) is 7.02. The number of rotatable bonds is 2. The average Bonchev–Trinajstić information content (AvgIpc) is 2.18. The lowest BCUT2D eigenvalue weighted by molar-refractivity contribution is -0.127. The zero-order valence-corrected chi connectivity index (χ0v) is 13.0. The van der Waals surface area contributed by atoms with Crippen molar-refractivity contribution in [2.75, 3.05) is 0 Å². The summed E-state index contributed by atoms with van der Waals surface area (Å²) in [6.07, 6.45) is 1.92. The first-order valence-electron chi connectivity index (χ1n) is 7.02. The van der Waals surface area contributed by atoms with Gasteiger partial charge >= 0.3 is 6.09 Å². The van der Waals surface area contributed by atoms with Crippen LogP contribution in [0.15, 0.2) is 0 Å². The summed E-state index contributed by atoms with van der Waals surface area (Å²) in [5, 5.41) is 2.79. The van der Waals surface area contributed by atoms with Crippen molar-refractivity contribution in [3.8, 4) is 0 Å². The number of carbonyl (C=O) groups excluding carboxylic acids is 2. The third kappa shape index (κ3) is 5.21. The molecule has 1 rings (SSSR count). The van der Waals surface area contributed by atoms with Gasteiger partial charge in [0.2, 0.25) is 0 Å². The molecule has 1 saturated carbocycles. The van der Waals surface area contributed by atoms with E-state index in [2.05, 4.69) is 19.2 Å². The molecule has 0 radical (unpaired) electrons. The van der Waals surface area contributed by atoms with Crippen molar-refractivity contribution < 1.29 is 14.3 Å². The predicted octanol–water partition coefficient (Wildman–Crippen LogP) is 3.30. The van der Waals surface area contributed by atoms with Crippen molar-refractivity contribution >= 4 is 11.9 Å². The Morgan fingerprint density at radius 2 is 2.00 bits per heavy atom. The molecule has 0 aromatic carbocycles. The lowest BCUT2D eigenvalue weighted by Crippen LogP contribution is -2.46. The number of ether oxygens (including phenoxy) is 1. The summed E-state index contributed by atoms with van der Waals surface area (Å²) >= 11 is 0. The second-order valence-electron chi connectivity index (χ2n) is 7.38. The average molecular weight is 269 g/mol. The minimum absolute atomic E-state index is 0.101. The SMILES string of the molecule is CC(NC(=O)OC(C)(C)C)C1CC(C)(C)CCC1=O. The van der Waals surface area contributed by atoms with Crippen molar-refractivity contribution in [1.29, 1.82) is 0 Å². The van der Waals surface area contributed by atoms with Crippen molar-refractivity contribution in [3.63, 3.8) is 0 Å². The topological polar surface area (TPSA) is 55.4 Å². The first kappa shape index (κ1) is 16.0. The molecule has 0 aliphatic heterocycles. The number of carbonyl (C=O) groups is 2. The van der Waals surface area contributed by atoms with Crippen LogP contribution in [0.5, 0.6) is 0 Å². The van der Waals surface area contributed by atoms with Gasteiger partial charge in [-0.25, -0.2) is 4.79 Å². The van der Waals surface area contributed by atoms with E-state index in [0.29, 0.717) is 6.42 Å². The fourth-order valence-electron chi connectivity index (χ4n) is 2.51. The summed E-state index contributed by atoms with van der Waals surface area (Å²) < 4.78 is 5.23. The van der Waals surface area contributed by atoms with Gasteiger partial charge in [-0.1, -0.05) is 13.8 Å². The fourth-order valence-corrected chi connectivity index (χ4v) is 2.51. The molecule has 0 spiro atoms. The Labute approximate surface area is 116 Å². The molecule has 4 nitrogen and oxygen atoms in total. The van der Waals surface area contributed by atoms with Gasteiger partial charge in [-0.2, -0.15) is 0 Å². The molecule has 1 N–H and O–H groups in total. The normalized spacial score (nSPS) is 24.7. The number of nitrogens with one attached hydrogen (secondary N) is 1. The molecular weight excluding hydrogens is 242 g/mol. The Morgan fingerprint density at radius 1 is 1.42 bits per heavy atom. The summed E-state index contributed by atoms with van der Waals surface area (Å²) in [6.45, 7) is 11.7. The third-order valence-electron chi connectivity index (χ3n) is 3.58. The van der Waals surface area contributed by atoms with Crippen LogP contribution < -0.4 is 5.32 Å². The van der Waals surface area contributed by atoms with Crippen LogP contribution >= 0.6 is 0 Å². The molecule has 0 saturated heterocycles. The number of amides is 1. The number of ketones is 1.